The quantitative estimate of drug-likeness (QED) is 0.641. The molecule has 70 valence electrons. The van der Waals surface area contributed by atoms with Crippen molar-refractivity contribution >= 4 is 0 Å². The summed E-state index contributed by atoms with van der Waals surface area (Å²) in [5.74, 6) is 0.223. The number of hydrogen-bond donors (Lipinski definition) is 1. The van der Waals surface area contributed by atoms with Crippen LogP contribution in [0.4, 0.5) is 0 Å². The van der Waals surface area contributed by atoms with Gasteiger partial charge in [-0.15, -0.1) is 6.58 Å². The Labute approximate surface area is 79.5 Å². The van der Waals surface area contributed by atoms with Crippen molar-refractivity contribution in [2.45, 2.75) is 25.4 Å². The molecule has 2 rings (SSSR count). The van der Waals surface area contributed by atoms with Gasteiger partial charge in [0.2, 0.25) is 0 Å². The molecule has 1 unspecified atom stereocenters. The lowest BCUT2D eigenvalue weighted by Gasteiger charge is -2.27. The van der Waals surface area contributed by atoms with Crippen molar-refractivity contribution in [1.29, 1.82) is 0 Å². The lowest BCUT2D eigenvalue weighted by molar-refractivity contribution is 0.0711. The largest absolute Gasteiger partial charge is 0.385 e. The Morgan fingerprint density at radius 1 is 1.62 bits per heavy atom. The van der Waals surface area contributed by atoms with Crippen LogP contribution in [0.15, 0.2) is 37.0 Å². The summed E-state index contributed by atoms with van der Waals surface area (Å²) < 4.78 is 0. The second-order valence-corrected chi connectivity index (χ2v) is 4.58. The predicted molar refractivity (Wildman–Crippen MR) is 54.3 cm³/mol. The Hall–Kier alpha value is -0.820. The number of aliphatic hydroxyl groups is 1. The summed E-state index contributed by atoms with van der Waals surface area (Å²) in [7, 11) is 0. The normalized spacial score (nSPS) is 47.5. The van der Waals surface area contributed by atoms with E-state index in [1.165, 1.54) is 5.57 Å². The van der Waals surface area contributed by atoms with E-state index in [0.717, 1.165) is 12.8 Å². The van der Waals surface area contributed by atoms with E-state index >= 15 is 0 Å². The van der Waals surface area contributed by atoms with E-state index in [4.69, 9.17) is 0 Å². The van der Waals surface area contributed by atoms with Gasteiger partial charge in [0.05, 0.1) is 5.60 Å². The van der Waals surface area contributed by atoms with E-state index in [2.05, 4.69) is 20.1 Å². The minimum absolute atomic E-state index is 0.134. The monoisotopic (exact) mass is 176 g/mol. The third-order valence-corrected chi connectivity index (χ3v) is 3.59. The number of fused-ring (bicyclic) bond motifs is 2. The zero-order valence-electron chi connectivity index (χ0n) is 8.09. The van der Waals surface area contributed by atoms with Crippen LogP contribution in [0, 0.1) is 11.3 Å². The van der Waals surface area contributed by atoms with Gasteiger partial charge in [-0.2, -0.15) is 0 Å². The molecule has 3 atom stereocenters. The summed E-state index contributed by atoms with van der Waals surface area (Å²) in [6.45, 7) is 9.75. The van der Waals surface area contributed by atoms with Crippen LogP contribution in [0.1, 0.15) is 19.8 Å². The molecule has 0 radical (unpaired) electrons. The SMILES string of the molecule is C=CC1=C[C@]2(O)C[C@@]1(C)CC2C=C. The summed E-state index contributed by atoms with van der Waals surface area (Å²) >= 11 is 0. The molecule has 2 aliphatic rings. The van der Waals surface area contributed by atoms with Crippen molar-refractivity contribution in [1.82, 2.24) is 0 Å². The average Bonchev–Trinajstić information content (AvgIpc) is 2.48. The first-order chi connectivity index (χ1) is 6.04. The molecule has 1 fully saturated rings. The Kier molecular flexibility index (Phi) is 1.59. The van der Waals surface area contributed by atoms with Gasteiger partial charge in [0.25, 0.3) is 0 Å². The van der Waals surface area contributed by atoms with Crippen molar-refractivity contribution in [3.8, 4) is 0 Å². The molecule has 1 saturated carbocycles. The Bertz CT molecular complexity index is 302. The fraction of sp³-hybridized carbons (Fsp3) is 0.500. The summed E-state index contributed by atoms with van der Waals surface area (Å²) in [6.07, 6.45) is 7.55. The van der Waals surface area contributed by atoms with Gasteiger partial charge in [-0.3, -0.25) is 0 Å². The highest BCUT2D eigenvalue weighted by molar-refractivity contribution is 5.40. The van der Waals surface area contributed by atoms with E-state index in [-0.39, 0.29) is 11.3 Å². The third-order valence-electron chi connectivity index (χ3n) is 3.59. The molecule has 2 bridgehead atoms. The average molecular weight is 176 g/mol. The third kappa shape index (κ3) is 0.969. The van der Waals surface area contributed by atoms with Crippen molar-refractivity contribution in [3.05, 3.63) is 37.0 Å². The van der Waals surface area contributed by atoms with Crippen LogP contribution in [0.5, 0.6) is 0 Å². The second-order valence-electron chi connectivity index (χ2n) is 4.58. The van der Waals surface area contributed by atoms with Crippen LogP contribution in [0.2, 0.25) is 0 Å². The molecule has 0 aromatic rings. The lowest BCUT2D eigenvalue weighted by Crippen LogP contribution is -2.28. The summed E-state index contributed by atoms with van der Waals surface area (Å²) in [6, 6.07) is 0. The fourth-order valence-corrected chi connectivity index (χ4v) is 2.90. The smallest absolute Gasteiger partial charge is 0.0904 e. The van der Waals surface area contributed by atoms with Crippen LogP contribution in [-0.4, -0.2) is 10.7 Å². The second kappa shape index (κ2) is 2.36. The van der Waals surface area contributed by atoms with Crippen LogP contribution in [0.25, 0.3) is 0 Å². The van der Waals surface area contributed by atoms with Gasteiger partial charge in [-0.05, 0) is 29.9 Å². The first-order valence-electron chi connectivity index (χ1n) is 4.75. The first-order valence-corrected chi connectivity index (χ1v) is 4.75. The first kappa shape index (κ1) is 8.76. The van der Waals surface area contributed by atoms with Crippen molar-refractivity contribution in [3.63, 3.8) is 0 Å². The minimum atomic E-state index is -0.639. The summed E-state index contributed by atoms with van der Waals surface area (Å²) in [5.41, 5.74) is 0.697. The number of rotatable bonds is 2. The molecule has 13 heavy (non-hydrogen) atoms. The van der Waals surface area contributed by atoms with Gasteiger partial charge in [-0.25, -0.2) is 0 Å². The minimum Gasteiger partial charge on any atom is -0.385 e. The summed E-state index contributed by atoms with van der Waals surface area (Å²) in [4.78, 5) is 0. The molecule has 0 spiro atoms. The van der Waals surface area contributed by atoms with E-state index in [9.17, 15) is 5.11 Å². The van der Waals surface area contributed by atoms with Crippen LogP contribution in [0.3, 0.4) is 0 Å². The molecule has 2 aliphatic carbocycles. The summed E-state index contributed by atoms with van der Waals surface area (Å²) in [5, 5.41) is 10.3. The molecular formula is C12H16O. The van der Waals surface area contributed by atoms with Gasteiger partial charge < -0.3 is 5.11 Å². The highest BCUT2D eigenvalue weighted by Gasteiger charge is 2.55. The van der Waals surface area contributed by atoms with Crippen LogP contribution >= 0.6 is 0 Å². The molecule has 1 N–H and O–H groups in total. The standard InChI is InChI=1S/C12H16O/c1-4-9-7-12(13)8-11(9,3)6-10(12)5-2/h4-5,7,10,13H,1-2,6,8H2,3H3/t10?,11-,12+/m1/s1. The maximum absolute atomic E-state index is 10.3. The van der Waals surface area contributed by atoms with Gasteiger partial charge in [0.15, 0.2) is 0 Å². The van der Waals surface area contributed by atoms with Crippen LogP contribution < -0.4 is 0 Å². The predicted octanol–water partition coefficient (Wildman–Crippen LogP) is 2.45. The highest BCUT2D eigenvalue weighted by Crippen LogP contribution is 2.58. The number of allylic oxidation sites excluding steroid dienone is 2. The molecule has 1 heteroatoms. The van der Waals surface area contributed by atoms with E-state index in [0.29, 0.717) is 0 Å². The van der Waals surface area contributed by atoms with Crippen molar-refractivity contribution in [2.24, 2.45) is 11.3 Å². The van der Waals surface area contributed by atoms with Gasteiger partial charge in [0, 0.05) is 5.92 Å². The van der Waals surface area contributed by atoms with E-state index in [1.807, 2.05) is 18.2 Å². The lowest BCUT2D eigenvalue weighted by atomic mass is 9.79. The topological polar surface area (TPSA) is 20.2 Å². The molecule has 0 amide bonds. The maximum Gasteiger partial charge on any atom is 0.0904 e. The zero-order chi connectivity index (χ0) is 9.69. The molecule has 1 nitrogen and oxygen atoms in total. The molecule has 0 aromatic heterocycles. The molecule has 0 heterocycles. The van der Waals surface area contributed by atoms with Crippen LogP contribution in [-0.2, 0) is 0 Å². The van der Waals surface area contributed by atoms with Gasteiger partial charge >= 0.3 is 0 Å². The maximum atomic E-state index is 10.3. The molecule has 0 aromatic carbocycles. The van der Waals surface area contributed by atoms with Crippen molar-refractivity contribution in [2.75, 3.05) is 0 Å². The van der Waals surface area contributed by atoms with E-state index in [1.54, 1.807) is 0 Å². The van der Waals surface area contributed by atoms with E-state index < -0.39 is 5.60 Å². The van der Waals surface area contributed by atoms with Gasteiger partial charge in [-0.1, -0.05) is 25.7 Å². The molecular weight excluding hydrogens is 160 g/mol. The highest BCUT2D eigenvalue weighted by atomic mass is 16.3. The number of hydrogen-bond acceptors (Lipinski definition) is 1. The fourth-order valence-electron chi connectivity index (χ4n) is 2.90. The zero-order valence-corrected chi connectivity index (χ0v) is 8.09. The Morgan fingerprint density at radius 3 is 2.69 bits per heavy atom. The Morgan fingerprint density at radius 2 is 2.31 bits per heavy atom. The Balaban J connectivity index is 2.44. The molecule has 0 aliphatic heterocycles. The van der Waals surface area contributed by atoms with Crippen molar-refractivity contribution < 1.29 is 5.11 Å². The van der Waals surface area contributed by atoms with Gasteiger partial charge in [0.1, 0.15) is 0 Å². The molecule has 0 saturated heterocycles.